The predicted octanol–water partition coefficient (Wildman–Crippen LogP) is 3.37. The number of carbonyl (C=O) groups excluding carboxylic acids is 2. The largest absolute Gasteiger partial charge is 0.342 e. The van der Waals surface area contributed by atoms with Crippen molar-refractivity contribution in [2.45, 2.75) is 32.7 Å². The number of carbonyl (C=O) groups is 2. The van der Waals surface area contributed by atoms with Crippen LogP contribution in [0.4, 0.5) is 4.79 Å². The Morgan fingerprint density at radius 3 is 2.40 bits per heavy atom. The zero-order chi connectivity index (χ0) is 14.9. The van der Waals surface area contributed by atoms with Crippen LogP contribution in [-0.2, 0) is 10.3 Å². The molecular formula is C15H19ClN2O2. The molecule has 20 heavy (non-hydrogen) atoms. The molecule has 1 aliphatic heterocycles. The minimum atomic E-state index is -1.13. The maximum atomic E-state index is 12.7. The Hall–Kier alpha value is -1.55. The van der Waals surface area contributed by atoms with Gasteiger partial charge in [-0.15, -0.1) is 0 Å². The molecule has 3 amide bonds. The quantitative estimate of drug-likeness (QED) is 0.631. The molecule has 5 heteroatoms. The Balaban J connectivity index is 2.37. The van der Waals surface area contributed by atoms with Crippen molar-refractivity contribution in [3.05, 3.63) is 35.9 Å². The summed E-state index contributed by atoms with van der Waals surface area (Å²) in [4.78, 5) is 26.2. The van der Waals surface area contributed by atoms with E-state index in [0.717, 1.165) is 16.4 Å². The molecule has 1 aromatic rings. The molecule has 108 valence electrons. The molecule has 0 spiro atoms. The van der Waals surface area contributed by atoms with Crippen LogP contribution in [0.15, 0.2) is 30.3 Å². The van der Waals surface area contributed by atoms with E-state index in [1.807, 2.05) is 44.2 Å². The van der Waals surface area contributed by atoms with E-state index in [0.29, 0.717) is 6.54 Å². The third-order valence-electron chi connectivity index (χ3n) is 3.98. The number of urea groups is 1. The van der Waals surface area contributed by atoms with Gasteiger partial charge in [-0.25, -0.2) is 9.21 Å². The summed E-state index contributed by atoms with van der Waals surface area (Å²) in [6.07, 6.45) is 0.904. The molecule has 0 bridgehead atoms. The van der Waals surface area contributed by atoms with Gasteiger partial charge >= 0.3 is 6.03 Å². The van der Waals surface area contributed by atoms with Gasteiger partial charge in [-0.1, -0.05) is 50.6 Å². The van der Waals surface area contributed by atoms with E-state index in [2.05, 4.69) is 0 Å². The van der Waals surface area contributed by atoms with E-state index in [4.69, 9.17) is 11.8 Å². The molecule has 1 aliphatic rings. The van der Waals surface area contributed by atoms with E-state index in [1.165, 1.54) is 4.90 Å². The fourth-order valence-electron chi connectivity index (χ4n) is 2.33. The van der Waals surface area contributed by atoms with Crippen molar-refractivity contribution in [2.24, 2.45) is 5.92 Å². The second-order valence-corrected chi connectivity index (χ2v) is 5.77. The summed E-state index contributed by atoms with van der Waals surface area (Å²) in [5.74, 6) is -0.00455. The fraction of sp³-hybridized carbons (Fsp3) is 0.467. The van der Waals surface area contributed by atoms with Gasteiger partial charge in [0.15, 0.2) is 5.54 Å². The van der Waals surface area contributed by atoms with Crippen LogP contribution in [-0.4, -0.2) is 27.8 Å². The van der Waals surface area contributed by atoms with Gasteiger partial charge < -0.3 is 0 Å². The van der Waals surface area contributed by atoms with Crippen molar-refractivity contribution in [1.29, 1.82) is 0 Å². The molecule has 2 rings (SSSR count). The molecule has 1 heterocycles. The van der Waals surface area contributed by atoms with Gasteiger partial charge in [-0.3, -0.25) is 9.69 Å². The number of benzene rings is 1. The molecule has 0 saturated carbocycles. The molecule has 1 saturated heterocycles. The Bertz CT molecular complexity index is 520. The Labute approximate surface area is 124 Å². The highest BCUT2D eigenvalue weighted by Crippen LogP contribution is 2.38. The van der Waals surface area contributed by atoms with E-state index < -0.39 is 11.6 Å². The van der Waals surface area contributed by atoms with Crippen molar-refractivity contribution in [3.8, 4) is 0 Å². The van der Waals surface area contributed by atoms with Crippen LogP contribution in [0.25, 0.3) is 0 Å². The zero-order valence-corrected chi connectivity index (χ0v) is 12.7. The molecule has 0 aromatic heterocycles. The van der Waals surface area contributed by atoms with Crippen molar-refractivity contribution < 1.29 is 9.59 Å². The second-order valence-electron chi connectivity index (χ2n) is 5.43. The first kappa shape index (κ1) is 14.9. The number of halogens is 1. The lowest BCUT2D eigenvalue weighted by molar-refractivity contribution is -0.132. The zero-order valence-electron chi connectivity index (χ0n) is 12.0. The van der Waals surface area contributed by atoms with Crippen LogP contribution in [0, 0.1) is 5.92 Å². The van der Waals surface area contributed by atoms with Crippen molar-refractivity contribution in [1.82, 2.24) is 9.32 Å². The summed E-state index contributed by atoms with van der Waals surface area (Å²) in [5.41, 5.74) is -0.409. The van der Waals surface area contributed by atoms with Crippen molar-refractivity contribution >= 4 is 23.7 Å². The van der Waals surface area contributed by atoms with E-state index in [9.17, 15) is 9.59 Å². The van der Waals surface area contributed by atoms with Gasteiger partial charge in [-0.05, 0) is 18.4 Å². The standard InChI is InChI=1S/C15H19ClN2O2/c1-4-11(2)10-17-13(19)15(3,18(16)14(17)20)12-8-6-5-7-9-12/h5-9,11H,4,10H2,1-3H3. The Morgan fingerprint density at radius 1 is 1.25 bits per heavy atom. The van der Waals surface area contributed by atoms with Crippen molar-refractivity contribution in [3.63, 3.8) is 0 Å². The van der Waals surface area contributed by atoms with Gasteiger partial charge in [0, 0.05) is 18.3 Å². The van der Waals surface area contributed by atoms with E-state index in [-0.39, 0.29) is 11.8 Å². The first-order valence-corrected chi connectivity index (χ1v) is 7.14. The number of imide groups is 1. The highest BCUT2D eigenvalue weighted by molar-refractivity contribution is 6.28. The highest BCUT2D eigenvalue weighted by atomic mass is 35.5. The number of nitrogens with zero attached hydrogens (tertiary/aromatic N) is 2. The van der Waals surface area contributed by atoms with Crippen LogP contribution in [0.2, 0.25) is 0 Å². The number of rotatable bonds is 4. The average molecular weight is 295 g/mol. The fourth-order valence-corrected chi connectivity index (χ4v) is 2.59. The van der Waals surface area contributed by atoms with E-state index >= 15 is 0 Å². The molecule has 0 N–H and O–H groups in total. The average Bonchev–Trinajstić information content (AvgIpc) is 2.64. The third kappa shape index (κ3) is 2.18. The van der Waals surface area contributed by atoms with Crippen LogP contribution >= 0.6 is 11.8 Å². The minimum Gasteiger partial charge on any atom is -0.271 e. The van der Waals surface area contributed by atoms with Gasteiger partial charge in [0.1, 0.15) is 0 Å². The molecule has 4 nitrogen and oxygen atoms in total. The number of hydrogen-bond acceptors (Lipinski definition) is 2. The second kappa shape index (κ2) is 5.44. The molecule has 1 fully saturated rings. The normalized spacial score (nSPS) is 24.4. The lowest BCUT2D eigenvalue weighted by atomic mass is 9.92. The summed E-state index contributed by atoms with van der Waals surface area (Å²) in [6, 6.07) is 8.72. The monoisotopic (exact) mass is 294 g/mol. The molecular weight excluding hydrogens is 276 g/mol. The first-order valence-electron chi connectivity index (χ1n) is 6.80. The lowest BCUT2D eigenvalue weighted by Crippen LogP contribution is -2.40. The number of hydrogen-bond donors (Lipinski definition) is 0. The third-order valence-corrected chi connectivity index (χ3v) is 4.46. The SMILES string of the molecule is CCC(C)CN1C(=O)N(Cl)C(C)(c2ccccc2)C1=O. The predicted molar refractivity (Wildman–Crippen MR) is 78.1 cm³/mol. The van der Waals surface area contributed by atoms with Crippen LogP contribution in [0.1, 0.15) is 32.8 Å². The van der Waals surface area contributed by atoms with Gasteiger partial charge in [0.25, 0.3) is 5.91 Å². The summed E-state index contributed by atoms with van der Waals surface area (Å²) in [7, 11) is 0. The molecule has 2 atom stereocenters. The van der Waals surface area contributed by atoms with Crippen LogP contribution < -0.4 is 0 Å². The molecule has 0 radical (unpaired) electrons. The summed E-state index contributed by atoms with van der Waals surface area (Å²) in [6.45, 7) is 6.13. The van der Waals surface area contributed by atoms with Gasteiger partial charge in [0.05, 0.1) is 0 Å². The van der Waals surface area contributed by atoms with Crippen molar-refractivity contribution in [2.75, 3.05) is 6.54 Å². The maximum absolute atomic E-state index is 12.7. The highest BCUT2D eigenvalue weighted by Gasteiger charge is 2.55. The smallest absolute Gasteiger partial charge is 0.271 e. The molecule has 2 unspecified atom stereocenters. The lowest BCUT2D eigenvalue weighted by Gasteiger charge is -2.26. The molecule has 1 aromatic carbocycles. The van der Waals surface area contributed by atoms with Gasteiger partial charge in [0.2, 0.25) is 0 Å². The van der Waals surface area contributed by atoms with E-state index in [1.54, 1.807) is 6.92 Å². The minimum absolute atomic E-state index is 0.256. The van der Waals surface area contributed by atoms with Crippen LogP contribution in [0.5, 0.6) is 0 Å². The van der Waals surface area contributed by atoms with Gasteiger partial charge in [-0.2, -0.15) is 0 Å². The Morgan fingerprint density at radius 2 is 1.85 bits per heavy atom. The van der Waals surface area contributed by atoms with Crippen LogP contribution in [0.3, 0.4) is 0 Å². The summed E-state index contributed by atoms with van der Waals surface area (Å²) in [5, 5.41) is 0. The maximum Gasteiger partial charge on any atom is 0.342 e. The summed E-state index contributed by atoms with van der Waals surface area (Å²) >= 11 is 6.14. The topological polar surface area (TPSA) is 40.6 Å². The number of amides is 3. The summed E-state index contributed by atoms with van der Waals surface area (Å²) < 4.78 is 1.02. The molecule has 0 aliphatic carbocycles. The Kier molecular flexibility index (Phi) is 4.04. The first-order chi connectivity index (χ1) is 9.42.